The highest BCUT2D eigenvalue weighted by atomic mass is 32.2. The molecule has 3 aliphatic heterocycles. The summed E-state index contributed by atoms with van der Waals surface area (Å²) in [4.78, 5) is 21.1. The van der Waals surface area contributed by atoms with Crippen LogP contribution in [0, 0.1) is 5.92 Å². The fourth-order valence-corrected chi connectivity index (χ4v) is 9.49. The van der Waals surface area contributed by atoms with E-state index in [-0.39, 0.29) is 17.9 Å². The zero-order valence-corrected chi connectivity index (χ0v) is 26.7. The van der Waals surface area contributed by atoms with Crippen molar-refractivity contribution in [1.29, 1.82) is 0 Å². The molecule has 43 heavy (non-hydrogen) atoms. The molecule has 11 heteroatoms. The zero-order valence-electron chi connectivity index (χ0n) is 25.1. The van der Waals surface area contributed by atoms with Gasteiger partial charge in [-0.15, -0.1) is 11.3 Å². The van der Waals surface area contributed by atoms with Crippen molar-refractivity contribution < 1.29 is 22.7 Å². The molecule has 0 spiro atoms. The first-order valence-electron chi connectivity index (χ1n) is 15.0. The number of amides is 1. The molecule has 1 aromatic heterocycles. The Morgan fingerprint density at radius 1 is 0.930 bits per heavy atom. The summed E-state index contributed by atoms with van der Waals surface area (Å²) in [6, 6.07) is 15.2. The molecular formula is C32H40N4O5S2. The molecule has 0 N–H and O–H groups in total. The molecule has 4 heterocycles. The lowest BCUT2D eigenvalue weighted by Gasteiger charge is -2.40. The molecule has 0 bridgehead atoms. The number of carbonyl (C=O) groups is 1. The van der Waals surface area contributed by atoms with Crippen LogP contribution in [-0.2, 0) is 16.6 Å². The van der Waals surface area contributed by atoms with Crippen molar-refractivity contribution in [1.82, 2.24) is 14.1 Å². The van der Waals surface area contributed by atoms with Gasteiger partial charge in [0.05, 0.1) is 20.3 Å². The molecule has 0 radical (unpaired) electrons. The van der Waals surface area contributed by atoms with Crippen LogP contribution in [0.15, 0.2) is 58.1 Å². The van der Waals surface area contributed by atoms with E-state index in [1.54, 1.807) is 36.0 Å². The number of rotatable bonds is 9. The van der Waals surface area contributed by atoms with Crippen LogP contribution in [0.25, 0.3) is 0 Å². The number of thiophene rings is 1. The van der Waals surface area contributed by atoms with Crippen molar-refractivity contribution in [2.45, 2.75) is 36.6 Å². The average molecular weight is 625 g/mol. The summed E-state index contributed by atoms with van der Waals surface area (Å²) >= 11 is 1.25. The third-order valence-corrected chi connectivity index (χ3v) is 12.5. The lowest BCUT2D eigenvalue weighted by molar-refractivity contribution is 0.0573. The largest absolute Gasteiger partial charge is 0.493 e. The quantitative estimate of drug-likeness (QED) is 0.341. The number of carbonyl (C=O) groups excluding carboxylic acids is 1. The fourth-order valence-electron chi connectivity index (χ4n) is 6.88. The van der Waals surface area contributed by atoms with Gasteiger partial charge in [-0.05, 0) is 66.6 Å². The molecule has 1 atom stereocenters. The topological polar surface area (TPSA) is 82.6 Å². The Kier molecular flexibility index (Phi) is 8.68. The minimum Gasteiger partial charge on any atom is -0.493 e. The van der Waals surface area contributed by atoms with Crippen LogP contribution >= 0.6 is 11.3 Å². The number of ether oxygens (including phenoxy) is 2. The van der Waals surface area contributed by atoms with Crippen LogP contribution in [0.1, 0.15) is 47.3 Å². The van der Waals surface area contributed by atoms with Gasteiger partial charge in [0.25, 0.3) is 15.9 Å². The molecule has 0 saturated carbocycles. The van der Waals surface area contributed by atoms with Gasteiger partial charge in [-0.3, -0.25) is 4.79 Å². The number of benzene rings is 2. The van der Waals surface area contributed by atoms with E-state index >= 15 is 0 Å². The van der Waals surface area contributed by atoms with Crippen LogP contribution in [0.3, 0.4) is 0 Å². The normalized spacial score (nSPS) is 19.5. The monoisotopic (exact) mass is 624 g/mol. The number of fused-ring (bicyclic) bond motifs is 1. The van der Waals surface area contributed by atoms with Gasteiger partial charge in [-0.1, -0.05) is 25.1 Å². The fraction of sp³-hybridized carbons (Fsp3) is 0.469. The number of nitrogens with zero attached hydrogens (tertiary/aromatic N) is 4. The Morgan fingerprint density at radius 2 is 1.67 bits per heavy atom. The lowest BCUT2D eigenvalue weighted by Crippen LogP contribution is -2.46. The van der Waals surface area contributed by atoms with E-state index in [2.05, 4.69) is 22.8 Å². The zero-order chi connectivity index (χ0) is 30.1. The number of sulfonamides is 1. The van der Waals surface area contributed by atoms with Crippen molar-refractivity contribution in [2.75, 3.05) is 64.9 Å². The number of anilines is 1. The first-order valence-corrected chi connectivity index (χ1v) is 17.3. The average Bonchev–Trinajstić information content (AvgIpc) is 3.71. The summed E-state index contributed by atoms with van der Waals surface area (Å²) in [5.74, 6) is 1.34. The second kappa shape index (κ2) is 12.5. The molecule has 6 rings (SSSR count). The Bertz CT molecular complexity index is 1550. The maximum atomic E-state index is 14.2. The van der Waals surface area contributed by atoms with Crippen molar-refractivity contribution in [3.63, 3.8) is 0 Å². The molecule has 0 aliphatic carbocycles. The number of piperazine rings is 1. The highest BCUT2D eigenvalue weighted by Gasteiger charge is 2.42. The van der Waals surface area contributed by atoms with Gasteiger partial charge in [0.1, 0.15) is 4.21 Å². The van der Waals surface area contributed by atoms with Gasteiger partial charge in [0.15, 0.2) is 11.5 Å². The molecule has 1 amide bonds. The molecular weight excluding hydrogens is 585 g/mol. The SMILES string of the molecule is CCN1CCN(c2cccc3c2CN(C(c2ccc(OC)c(OC)c2)C2CCN(S(=O)(=O)c4cccs4)CC2)C3=O)CC1. The maximum absolute atomic E-state index is 14.2. The standard InChI is InChI=1S/C32H40N4O5S2/c1-4-33-16-18-34(19-17-33)27-8-5-7-25-26(27)22-36(32(25)37)31(24-10-11-28(40-2)29(21-24)41-3)23-12-14-35(15-13-23)43(38,39)30-9-6-20-42-30/h5-11,20-21,23,31H,4,12-19,22H2,1-3H3. The second-order valence-corrected chi connectivity index (χ2v) is 14.5. The van der Waals surface area contributed by atoms with E-state index in [9.17, 15) is 13.2 Å². The van der Waals surface area contributed by atoms with Crippen LogP contribution in [0.2, 0.25) is 0 Å². The molecule has 2 aromatic carbocycles. The molecule has 1 unspecified atom stereocenters. The number of piperidine rings is 1. The van der Waals surface area contributed by atoms with Gasteiger partial charge in [-0.2, -0.15) is 4.31 Å². The number of likely N-dealkylation sites (N-methyl/N-ethyl adjacent to an activating group) is 1. The summed E-state index contributed by atoms with van der Waals surface area (Å²) in [5, 5.41) is 1.79. The highest BCUT2D eigenvalue weighted by molar-refractivity contribution is 7.91. The van der Waals surface area contributed by atoms with E-state index < -0.39 is 10.0 Å². The predicted octanol–water partition coefficient (Wildman–Crippen LogP) is 4.71. The molecule has 3 aromatic rings. The van der Waals surface area contributed by atoms with Crippen LogP contribution in [0.4, 0.5) is 5.69 Å². The summed E-state index contributed by atoms with van der Waals surface area (Å²) in [6.45, 7) is 8.50. The summed E-state index contributed by atoms with van der Waals surface area (Å²) < 4.78 is 39.7. The first-order chi connectivity index (χ1) is 20.8. The Hall–Kier alpha value is -3.12. The van der Waals surface area contributed by atoms with E-state index in [1.807, 2.05) is 35.2 Å². The minimum absolute atomic E-state index is 0.0254. The van der Waals surface area contributed by atoms with Crippen molar-refractivity contribution >= 4 is 33.0 Å². The number of hydrogen-bond acceptors (Lipinski definition) is 8. The van der Waals surface area contributed by atoms with Gasteiger partial charge < -0.3 is 24.2 Å². The van der Waals surface area contributed by atoms with Gasteiger partial charge >= 0.3 is 0 Å². The Labute approximate surface area is 258 Å². The molecule has 230 valence electrons. The lowest BCUT2D eigenvalue weighted by atomic mass is 9.84. The molecule has 9 nitrogen and oxygen atoms in total. The summed E-state index contributed by atoms with van der Waals surface area (Å²) in [5.41, 5.74) is 3.96. The summed E-state index contributed by atoms with van der Waals surface area (Å²) in [7, 11) is -0.294. The molecule has 2 saturated heterocycles. The number of methoxy groups -OCH3 is 2. The van der Waals surface area contributed by atoms with Gasteiger partial charge in [-0.25, -0.2) is 8.42 Å². The van der Waals surface area contributed by atoms with E-state index in [0.717, 1.165) is 55.1 Å². The molecule has 3 aliphatic rings. The highest BCUT2D eigenvalue weighted by Crippen LogP contribution is 2.44. The van der Waals surface area contributed by atoms with Crippen molar-refractivity contribution in [2.24, 2.45) is 5.92 Å². The number of hydrogen-bond donors (Lipinski definition) is 0. The minimum atomic E-state index is -3.52. The third-order valence-electron chi connectivity index (χ3n) is 9.25. The smallest absolute Gasteiger partial charge is 0.255 e. The van der Waals surface area contributed by atoms with Crippen molar-refractivity contribution in [3.05, 3.63) is 70.6 Å². The van der Waals surface area contributed by atoms with Crippen LogP contribution in [0.5, 0.6) is 11.5 Å². The third kappa shape index (κ3) is 5.63. The Balaban J connectivity index is 1.31. The summed E-state index contributed by atoms with van der Waals surface area (Å²) in [6.07, 6.45) is 1.30. The Morgan fingerprint density at radius 3 is 2.33 bits per heavy atom. The second-order valence-electron chi connectivity index (χ2n) is 11.4. The van der Waals surface area contributed by atoms with Crippen LogP contribution in [-0.4, -0.2) is 88.5 Å². The van der Waals surface area contributed by atoms with Gasteiger partial charge in [0.2, 0.25) is 0 Å². The van der Waals surface area contributed by atoms with Crippen LogP contribution < -0.4 is 14.4 Å². The van der Waals surface area contributed by atoms with Gasteiger partial charge in [0, 0.05) is 62.6 Å². The van der Waals surface area contributed by atoms with E-state index in [4.69, 9.17) is 9.47 Å². The van der Waals surface area contributed by atoms with E-state index in [1.165, 1.54) is 11.3 Å². The van der Waals surface area contributed by atoms with Crippen molar-refractivity contribution in [3.8, 4) is 11.5 Å². The first kappa shape index (κ1) is 29.9. The predicted molar refractivity (Wildman–Crippen MR) is 169 cm³/mol. The van der Waals surface area contributed by atoms with E-state index in [0.29, 0.717) is 48.2 Å². The maximum Gasteiger partial charge on any atom is 0.255 e. The molecule has 2 fully saturated rings.